The van der Waals surface area contributed by atoms with Gasteiger partial charge in [0.25, 0.3) is 0 Å². The lowest BCUT2D eigenvalue weighted by molar-refractivity contribution is 0.111. The molecule has 0 unspecified atom stereocenters. The zero-order valence-electron chi connectivity index (χ0n) is 15.4. The van der Waals surface area contributed by atoms with Crippen LogP contribution in [0.15, 0.2) is 29.3 Å². The molecule has 2 fully saturated rings. The molecule has 2 N–H and O–H groups in total. The molecule has 0 aromatic heterocycles. The van der Waals surface area contributed by atoms with Crippen molar-refractivity contribution in [3.8, 4) is 0 Å². The molecule has 1 aliphatic heterocycles. The van der Waals surface area contributed by atoms with Crippen LogP contribution < -0.4 is 10.6 Å². The van der Waals surface area contributed by atoms with Crippen molar-refractivity contribution in [3.63, 3.8) is 0 Å². The van der Waals surface area contributed by atoms with Crippen LogP contribution in [0.2, 0.25) is 5.02 Å². The van der Waals surface area contributed by atoms with Crippen molar-refractivity contribution >= 4 is 23.7 Å². The smallest absolute Gasteiger partial charge is 0.409 e. The summed E-state index contributed by atoms with van der Waals surface area (Å²) in [5, 5.41) is 7.74. The molecule has 1 aromatic carbocycles. The number of guanidine groups is 1. The van der Waals surface area contributed by atoms with Gasteiger partial charge in [-0.15, -0.1) is 0 Å². The van der Waals surface area contributed by atoms with E-state index in [0.717, 1.165) is 43.2 Å². The molecule has 1 aromatic rings. The first-order chi connectivity index (χ1) is 12.6. The summed E-state index contributed by atoms with van der Waals surface area (Å²) in [4.78, 5) is 17.7. The van der Waals surface area contributed by atoms with E-state index in [2.05, 4.69) is 27.8 Å². The standard InChI is InChI=1S/C19H27ClN4O2/c1-21-17(23-16-6-10-24(11-7-16)18(25)26-2)22-13-19(8-9-19)14-4-3-5-15(20)12-14/h3-5,12,16H,6-11,13H2,1-2H3,(H2,21,22,23). The number of benzene rings is 1. The molecule has 3 rings (SSSR count). The summed E-state index contributed by atoms with van der Waals surface area (Å²) >= 11 is 6.15. The van der Waals surface area contributed by atoms with Crippen LogP contribution in [-0.2, 0) is 10.2 Å². The molecule has 1 saturated heterocycles. The minimum Gasteiger partial charge on any atom is -0.453 e. The summed E-state index contributed by atoms with van der Waals surface area (Å²) in [6, 6.07) is 8.45. The second kappa shape index (κ2) is 8.16. The minimum atomic E-state index is -0.247. The number of halogens is 1. The average Bonchev–Trinajstić information content (AvgIpc) is 3.46. The molecule has 1 saturated carbocycles. The van der Waals surface area contributed by atoms with E-state index in [9.17, 15) is 4.79 Å². The van der Waals surface area contributed by atoms with Crippen molar-refractivity contribution in [3.05, 3.63) is 34.9 Å². The Morgan fingerprint density at radius 1 is 1.38 bits per heavy atom. The SMILES string of the molecule is CN=C(NCC1(c2cccc(Cl)c2)CC1)NC1CCN(C(=O)OC)CC1. The second-order valence-corrected chi connectivity index (χ2v) is 7.53. The van der Waals surface area contributed by atoms with Gasteiger partial charge in [-0.1, -0.05) is 23.7 Å². The fraction of sp³-hybridized carbons (Fsp3) is 0.579. The number of hydrogen-bond donors (Lipinski definition) is 2. The van der Waals surface area contributed by atoms with Crippen LogP contribution in [-0.4, -0.2) is 56.8 Å². The van der Waals surface area contributed by atoms with Crippen LogP contribution in [0, 0.1) is 0 Å². The van der Waals surface area contributed by atoms with Crippen LogP contribution in [0.1, 0.15) is 31.2 Å². The van der Waals surface area contributed by atoms with Crippen LogP contribution >= 0.6 is 11.6 Å². The summed E-state index contributed by atoms with van der Waals surface area (Å²) in [6.45, 7) is 2.25. The van der Waals surface area contributed by atoms with Gasteiger partial charge in [0.05, 0.1) is 7.11 Å². The number of carbonyl (C=O) groups is 1. The highest BCUT2D eigenvalue weighted by Crippen LogP contribution is 2.48. The minimum absolute atomic E-state index is 0.163. The van der Waals surface area contributed by atoms with E-state index in [1.807, 2.05) is 12.1 Å². The average molecular weight is 379 g/mol. The Hall–Kier alpha value is -1.95. The highest BCUT2D eigenvalue weighted by Gasteiger charge is 2.44. The fourth-order valence-electron chi connectivity index (χ4n) is 3.51. The van der Waals surface area contributed by atoms with Crippen molar-refractivity contribution in [2.45, 2.75) is 37.1 Å². The number of hydrogen-bond acceptors (Lipinski definition) is 3. The van der Waals surface area contributed by atoms with Gasteiger partial charge in [0.15, 0.2) is 5.96 Å². The number of ether oxygens (including phenoxy) is 1. The van der Waals surface area contributed by atoms with Gasteiger partial charge in [0.2, 0.25) is 0 Å². The summed E-state index contributed by atoms with van der Waals surface area (Å²) in [5.74, 6) is 0.815. The first-order valence-corrected chi connectivity index (χ1v) is 9.50. The van der Waals surface area contributed by atoms with Gasteiger partial charge in [0.1, 0.15) is 0 Å². The van der Waals surface area contributed by atoms with Crippen molar-refractivity contribution < 1.29 is 9.53 Å². The Morgan fingerprint density at radius 2 is 2.12 bits per heavy atom. The van der Waals surface area contributed by atoms with E-state index in [1.165, 1.54) is 12.7 Å². The number of amides is 1. The molecule has 142 valence electrons. The summed E-state index contributed by atoms with van der Waals surface area (Å²) in [6.07, 6.45) is 3.84. The molecule has 6 nitrogen and oxygen atoms in total. The zero-order chi connectivity index (χ0) is 18.6. The zero-order valence-corrected chi connectivity index (χ0v) is 16.2. The molecule has 2 aliphatic rings. The number of nitrogens with one attached hydrogen (secondary N) is 2. The van der Waals surface area contributed by atoms with E-state index >= 15 is 0 Å². The largest absolute Gasteiger partial charge is 0.453 e. The monoisotopic (exact) mass is 378 g/mol. The third kappa shape index (κ3) is 4.41. The van der Waals surface area contributed by atoms with Crippen LogP contribution in [0.5, 0.6) is 0 Å². The Kier molecular flexibility index (Phi) is 5.91. The molecule has 7 heteroatoms. The Morgan fingerprint density at radius 3 is 2.69 bits per heavy atom. The molecular weight excluding hydrogens is 352 g/mol. The number of rotatable bonds is 4. The number of nitrogens with zero attached hydrogens (tertiary/aromatic N) is 2. The van der Waals surface area contributed by atoms with Gasteiger partial charge in [-0.2, -0.15) is 0 Å². The number of carbonyl (C=O) groups excluding carboxylic acids is 1. The maximum Gasteiger partial charge on any atom is 0.409 e. The topological polar surface area (TPSA) is 66.0 Å². The molecule has 0 spiro atoms. The summed E-state index contributed by atoms with van der Waals surface area (Å²) in [7, 11) is 3.21. The first-order valence-electron chi connectivity index (χ1n) is 9.12. The van der Waals surface area contributed by atoms with Crippen LogP contribution in [0.3, 0.4) is 0 Å². The molecule has 1 aliphatic carbocycles. The molecule has 26 heavy (non-hydrogen) atoms. The third-order valence-electron chi connectivity index (χ3n) is 5.38. The lowest BCUT2D eigenvalue weighted by Gasteiger charge is -2.32. The molecule has 0 atom stereocenters. The van der Waals surface area contributed by atoms with Gasteiger partial charge >= 0.3 is 6.09 Å². The number of aliphatic imine (C=N–C) groups is 1. The second-order valence-electron chi connectivity index (χ2n) is 7.09. The highest BCUT2D eigenvalue weighted by atomic mass is 35.5. The maximum atomic E-state index is 11.6. The maximum absolute atomic E-state index is 11.6. The third-order valence-corrected chi connectivity index (χ3v) is 5.61. The highest BCUT2D eigenvalue weighted by molar-refractivity contribution is 6.30. The van der Waals surface area contributed by atoms with E-state index in [1.54, 1.807) is 11.9 Å². The van der Waals surface area contributed by atoms with Crippen LogP contribution in [0.25, 0.3) is 0 Å². The number of piperidine rings is 1. The Bertz CT molecular complexity index is 667. The van der Waals surface area contributed by atoms with Crippen LogP contribution in [0.4, 0.5) is 4.79 Å². The van der Waals surface area contributed by atoms with E-state index in [0.29, 0.717) is 19.1 Å². The first kappa shape index (κ1) is 18.8. The van der Waals surface area contributed by atoms with Crippen molar-refractivity contribution in [1.29, 1.82) is 0 Å². The lowest BCUT2D eigenvalue weighted by atomic mass is 9.96. The molecular formula is C19H27ClN4O2. The van der Waals surface area contributed by atoms with Crippen molar-refractivity contribution in [1.82, 2.24) is 15.5 Å². The quantitative estimate of drug-likeness (QED) is 0.624. The van der Waals surface area contributed by atoms with Gasteiger partial charge in [-0.05, 0) is 43.4 Å². The van der Waals surface area contributed by atoms with E-state index in [4.69, 9.17) is 16.3 Å². The predicted molar refractivity (Wildman–Crippen MR) is 104 cm³/mol. The van der Waals surface area contributed by atoms with Gasteiger partial charge in [-0.3, -0.25) is 4.99 Å². The lowest BCUT2D eigenvalue weighted by Crippen LogP contribution is -2.50. The van der Waals surface area contributed by atoms with Crippen molar-refractivity contribution in [2.24, 2.45) is 4.99 Å². The normalized spacial score (nSPS) is 19.8. The van der Waals surface area contributed by atoms with Gasteiger partial charge in [0, 0.05) is 43.2 Å². The number of methoxy groups -OCH3 is 1. The Labute approximate surface area is 159 Å². The molecule has 1 amide bonds. The fourth-order valence-corrected chi connectivity index (χ4v) is 3.70. The van der Waals surface area contributed by atoms with Gasteiger partial charge in [-0.25, -0.2) is 4.79 Å². The molecule has 0 radical (unpaired) electrons. The van der Waals surface area contributed by atoms with E-state index in [-0.39, 0.29) is 11.5 Å². The Balaban J connectivity index is 1.49. The van der Waals surface area contributed by atoms with Crippen molar-refractivity contribution in [2.75, 3.05) is 33.8 Å². The summed E-state index contributed by atoms with van der Waals surface area (Å²) in [5.41, 5.74) is 1.45. The molecule has 0 bridgehead atoms. The van der Waals surface area contributed by atoms with Gasteiger partial charge < -0.3 is 20.3 Å². The predicted octanol–water partition coefficient (Wildman–Crippen LogP) is 2.77. The van der Waals surface area contributed by atoms with E-state index < -0.39 is 0 Å². The molecule has 1 heterocycles. The number of likely N-dealkylation sites (tertiary alicyclic amines) is 1. The summed E-state index contributed by atoms with van der Waals surface area (Å²) < 4.78 is 4.78.